The normalized spacial score (nSPS) is 16.3. The number of rotatable bonds is 10. The zero-order valence-electron chi connectivity index (χ0n) is 13.1. The fourth-order valence-electron chi connectivity index (χ4n) is 2.61. The highest BCUT2D eigenvalue weighted by Gasteiger charge is 2.46. The van der Waals surface area contributed by atoms with Crippen molar-refractivity contribution in [2.24, 2.45) is 5.92 Å². The van der Waals surface area contributed by atoms with Crippen LogP contribution in [0.15, 0.2) is 30.3 Å². The van der Waals surface area contributed by atoms with Gasteiger partial charge in [0, 0.05) is 6.42 Å². The standard InChI is InChI=1S/C16H23O6P/c1-16(15(19)20,23(21)22)13(11-14(17)18)10-6-5-9-12-7-3-2-4-8-12/h2-4,7-8,13,23H,5-6,9-11H2,1H3,(H,17,18)(H,19,20)(H,21,22). The SMILES string of the molecule is CC(C(=O)O)(C(CCCCc1ccccc1)CC(=O)O)[PH](=O)O. The maximum Gasteiger partial charge on any atom is 0.319 e. The second-order valence-electron chi connectivity index (χ2n) is 5.84. The lowest BCUT2D eigenvalue weighted by molar-refractivity contribution is -0.143. The van der Waals surface area contributed by atoms with Gasteiger partial charge in [-0.05, 0) is 37.7 Å². The molecule has 3 unspecified atom stereocenters. The van der Waals surface area contributed by atoms with E-state index >= 15 is 0 Å². The lowest BCUT2D eigenvalue weighted by Crippen LogP contribution is -2.40. The number of unbranched alkanes of at least 4 members (excludes halogenated alkanes) is 1. The largest absolute Gasteiger partial charge is 0.481 e. The zero-order valence-corrected chi connectivity index (χ0v) is 14.1. The summed E-state index contributed by atoms with van der Waals surface area (Å²) in [5.74, 6) is -3.45. The monoisotopic (exact) mass is 342 g/mol. The van der Waals surface area contributed by atoms with Crippen LogP contribution in [0.1, 0.15) is 38.2 Å². The van der Waals surface area contributed by atoms with Crippen LogP contribution >= 0.6 is 8.03 Å². The van der Waals surface area contributed by atoms with Crippen molar-refractivity contribution in [3.05, 3.63) is 35.9 Å². The first kappa shape index (κ1) is 19.4. The van der Waals surface area contributed by atoms with Crippen molar-refractivity contribution in [1.82, 2.24) is 0 Å². The maximum atomic E-state index is 11.6. The average molecular weight is 342 g/mol. The third kappa shape index (κ3) is 5.48. The molecule has 3 N–H and O–H groups in total. The lowest BCUT2D eigenvalue weighted by Gasteiger charge is -2.30. The van der Waals surface area contributed by atoms with E-state index in [2.05, 4.69) is 0 Å². The van der Waals surface area contributed by atoms with Crippen molar-refractivity contribution >= 4 is 20.0 Å². The molecule has 0 bridgehead atoms. The van der Waals surface area contributed by atoms with E-state index in [4.69, 9.17) is 5.11 Å². The first-order valence-corrected chi connectivity index (χ1v) is 8.86. The highest BCUT2D eigenvalue weighted by molar-refractivity contribution is 7.41. The van der Waals surface area contributed by atoms with E-state index in [1.54, 1.807) is 0 Å². The van der Waals surface area contributed by atoms with Gasteiger partial charge in [0.05, 0.1) is 0 Å². The van der Waals surface area contributed by atoms with Gasteiger partial charge in [-0.2, -0.15) is 0 Å². The van der Waals surface area contributed by atoms with Crippen LogP contribution in [0.5, 0.6) is 0 Å². The molecule has 0 heterocycles. The third-order valence-electron chi connectivity index (χ3n) is 4.24. The molecule has 3 atom stereocenters. The molecule has 1 aromatic carbocycles. The van der Waals surface area contributed by atoms with Gasteiger partial charge >= 0.3 is 11.9 Å². The Bertz CT molecular complexity index is 543. The van der Waals surface area contributed by atoms with Crippen LogP contribution in [0.3, 0.4) is 0 Å². The minimum absolute atomic E-state index is 0.291. The Labute approximate surface area is 136 Å². The Kier molecular flexibility index (Phi) is 7.46. The summed E-state index contributed by atoms with van der Waals surface area (Å²) >= 11 is 0. The summed E-state index contributed by atoms with van der Waals surface area (Å²) in [5.41, 5.74) is 1.15. The van der Waals surface area contributed by atoms with Crippen molar-refractivity contribution in [1.29, 1.82) is 0 Å². The number of carbonyl (C=O) groups is 2. The number of carboxylic acid groups (broad SMARTS) is 2. The van der Waals surface area contributed by atoms with E-state index in [-0.39, 0.29) is 0 Å². The number of aryl methyl sites for hydroxylation is 1. The predicted octanol–water partition coefficient (Wildman–Crippen LogP) is 2.80. The first-order valence-electron chi connectivity index (χ1n) is 7.51. The van der Waals surface area contributed by atoms with Gasteiger partial charge in [-0.3, -0.25) is 14.2 Å². The van der Waals surface area contributed by atoms with Crippen LogP contribution < -0.4 is 0 Å². The van der Waals surface area contributed by atoms with E-state index in [1.807, 2.05) is 30.3 Å². The van der Waals surface area contributed by atoms with Crippen molar-refractivity contribution < 1.29 is 29.3 Å². The van der Waals surface area contributed by atoms with Crippen molar-refractivity contribution in [3.8, 4) is 0 Å². The van der Waals surface area contributed by atoms with Gasteiger partial charge in [0.1, 0.15) is 5.16 Å². The third-order valence-corrected chi connectivity index (χ3v) is 5.75. The molecule has 0 fully saturated rings. The molecule has 0 aliphatic carbocycles. The van der Waals surface area contributed by atoms with E-state index in [0.717, 1.165) is 18.4 Å². The van der Waals surface area contributed by atoms with Gasteiger partial charge < -0.3 is 15.1 Å². The van der Waals surface area contributed by atoms with Gasteiger partial charge in [-0.15, -0.1) is 0 Å². The molecule has 6 nitrogen and oxygen atoms in total. The number of aliphatic carboxylic acids is 2. The molecular formula is C16H23O6P. The fraction of sp³-hybridized carbons (Fsp3) is 0.500. The Balaban J connectivity index is 2.69. The molecule has 1 aromatic rings. The summed E-state index contributed by atoms with van der Waals surface area (Å²) in [6, 6.07) is 9.76. The Morgan fingerprint density at radius 3 is 2.26 bits per heavy atom. The minimum Gasteiger partial charge on any atom is -0.481 e. The number of benzene rings is 1. The lowest BCUT2D eigenvalue weighted by atomic mass is 9.85. The Morgan fingerprint density at radius 1 is 1.17 bits per heavy atom. The van der Waals surface area contributed by atoms with Crippen LogP contribution in [-0.2, 0) is 20.6 Å². The van der Waals surface area contributed by atoms with Crippen LogP contribution in [-0.4, -0.2) is 32.2 Å². The summed E-state index contributed by atoms with van der Waals surface area (Å²) in [6.45, 7) is 1.17. The predicted molar refractivity (Wildman–Crippen MR) is 87.0 cm³/mol. The molecule has 0 aliphatic rings. The molecule has 0 spiro atoms. The van der Waals surface area contributed by atoms with Gasteiger partial charge in [-0.25, -0.2) is 0 Å². The van der Waals surface area contributed by atoms with Gasteiger partial charge in [0.2, 0.25) is 8.03 Å². The van der Waals surface area contributed by atoms with Crippen molar-refractivity contribution in [2.45, 2.75) is 44.2 Å². The number of carboxylic acids is 2. The average Bonchev–Trinajstić information content (AvgIpc) is 2.49. The summed E-state index contributed by atoms with van der Waals surface area (Å²) in [4.78, 5) is 31.8. The van der Waals surface area contributed by atoms with Gasteiger partial charge in [-0.1, -0.05) is 36.8 Å². The fourth-order valence-corrected chi connectivity index (χ4v) is 3.39. The zero-order chi connectivity index (χ0) is 17.5. The van der Waals surface area contributed by atoms with Gasteiger partial charge in [0.15, 0.2) is 0 Å². The molecule has 7 heteroatoms. The molecule has 23 heavy (non-hydrogen) atoms. The first-order chi connectivity index (χ1) is 10.8. The van der Waals surface area contributed by atoms with E-state index in [0.29, 0.717) is 12.8 Å². The van der Waals surface area contributed by atoms with E-state index in [9.17, 15) is 24.2 Å². The second-order valence-corrected chi connectivity index (χ2v) is 7.49. The molecule has 0 aliphatic heterocycles. The summed E-state index contributed by atoms with van der Waals surface area (Å²) < 4.78 is 11.6. The molecule has 1 rings (SSSR count). The van der Waals surface area contributed by atoms with Crippen LogP contribution in [0.4, 0.5) is 0 Å². The van der Waals surface area contributed by atoms with Crippen LogP contribution in [0, 0.1) is 5.92 Å². The Hall–Kier alpha value is -1.65. The van der Waals surface area contributed by atoms with E-state index < -0.39 is 37.5 Å². The van der Waals surface area contributed by atoms with E-state index in [1.165, 1.54) is 6.92 Å². The highest BCUT2D eigenvalue weighted by Crippen LogP contribution is 2.45. The van der Waals surface area contributed by atoms with Crippen LogP contribution in [0.2, 0.25) is 0 Å². The minimum atomic E-state index is -3.42. The topological polar surface area (TPSA) is 112 Å². The number of hydrogen-bond donors (Lipinski definition) is 3. The quantitative estimate of drug-likeness (QED) is 0.445. The second kappa shape index (κ2) is 8.85. The molecule has 0 saturated carbocycles. The molecule has 0 amide bonds. The molecule has 128 valence electrons. The molecule has 0 saturated heterocycles. The molecule has 0 aromatic heterocycles. The molecular weight excluding hydrogens is 319 g/mol. The highest BCUT2D eigenvalue weighted by atomic mass is 31.1. The Morgan fingerprint density at radius 2 is 1.78 bits per heavy atom. The molecule has 0 radical (unpaired) electrons. The van der Waals surface area contributed by atoms with Gasteiger partial charge in [0.25, 0.3) is 0 Å². The summed E-state index contributed by atoms with van der Waals surface area (Å²) in [7, 11) is -3.42. The summed E-state index contributed by atoms with van der Waals surface area (Å²) in [5, 5.41) is 16.4. The van der Waals surface area contributed by atoms with Crippen LogP contribution in [0.25, 0.3) is 0 Å². The smallest absolute Gasteiger partial charge is 0.319 e. The number of hydrogen-bond acceptors (Lipinski definition) is 3. The van der Waals surface area contributed by atoms with Crippen molar-refractivity contribution in [2.75, 3.05) is 0 Å². The summed E-state index contributed by atoms with van der Waals surface area (Å²) in [6.07, 6.45) is 2.04. The van der Waals surface area contributed by atoms with Crippen molar-refractivity contribution in [3.63, 3.8) is 0 Å². The maximum absolute atomic E-state index is 11.6.